The Labute approximate surface area is 129 Å². The first-order valence-corrected chi connectivity index (χ1v) is 8.20. The predicted octanol–water partition coefficient (Wildman–Crippen LogP) is 2.26. The Bertz CT molecular complexity index is 479. The molecule has 1 aromatic rings. The van der Waals surface area contributed by atoms with Gasteiger partial charge in [-0.3, -0.25) is 0 Å². The Morgan fingerprint density at radius 1 is 1.19 bits per heavy atom. The monoisotopic (exact) mass is 310 g/mol. The quantitative estimate of drug-likeness (QED) is 0.617. The van der Waals surface area contributed by atoms with Crippen molar-refractivity contribution in [2.75, 3.05) is 37.3 Å². The number of ether oxygens (including phenoxy) is 1. The molecule has 1 aliphatic rings. The number of rotatable bonds is 2. The van der Waals surface area contributed by atoms with E-state index in [2.05, 4.69) is 14.9 Å². The van der Waals surface area contributed by atoms with Gasteiger partial charge in [0.25, 0.3) is 0 Å². The molecule has 21 heavy (non-hydrogen) atoms. The van der Waals surface area contributed by atoms with Crippen molar-refractivity contribution in [3.05, 3.63) is 12.4 Å². The van der Waals surface area contributed by atoms with Gasteiger partial charge in [0.2, 0.25) is 0 Å². The predicted molar refractivity (Wildman–Crippen MR) is 83.8 cm³/mol. The van der Waals surface area contributed by atoms with Crippen molar-refractivity contribution >= 4 is 23.5 Å². The van der Waals surface area contributed by atoms with E-state index in [4.69, 9.17) is 4.74 Å². The van der Waals surface area contributed by atoms with Gasteiger partial charge < -0.3 is 14.5 Å². The Morgan fingerprint density at radius 3 is 2.24 bits per heavy atom. The van der Waals surface area contributed by atoms with Gasteiger partial charge in [0.15, 0.2) is 5.16 Å². The van der Waals surface area contributed by atoms with Gasteiger partial charge in [0.1, 0.15) is 5.60 Å². The summed E-state index contributed by atoms with van der Waals surface area (Å²) >= 11 is 1.52. The van der Waals surface area contributed by atoms with Gasteiger partial charge in [-0.1, -0.05) is 11.8 Å². The summed E-state index contributed by atoms with van der Waals surface area (Å²) in [7, 11) is 0. The molecule has 1 aromatic heterocycles. The highest BCUT2D eigenvalue weighted by molar-refractivity contribution is 7.98. The molecule has 0 unspecified atom stereocenters. The Hall–Kier alpha value is -1.50. The van der Waals surface area contributed by atoms with E-state index in [1.54, 1.807) is 4.90 Å². The number of thioether (sulfide) groups is 1. The molecule has 2 heterocycles. The molecule has 1 saturated heterocycles. The van der Waals surface area contributed by atoms with Crippen molar-refractivity contribution in [2.45, 2.75) is 31.5 Å². The van der Waals surface area contributed by atoms with Crippen molar-refractivity contribution in [3.8, 4) is 0 Å². The SMILES string of the molecule is CSc1ncc(N2CCN(C(=O)OC(C)(C)C)CC2)cn1. The van der Waals surface area contributed by atoms with E-state index >= 15 is 0 Å². The first-order chi connectivity index (χ1) is 9.89. The molecule has 0 aliphatic carbocycles. The van der Waals surface area contributed by atoms with Gasteiger partial charge in [-0.2, -0.15) is 0 Å². The number of aromatic nitrogens is 2. The van der Waals surface area contributed by atoms with Crippen LogP contribution in [0.2, 0.25) is 0 Å². The average molecular weight is 310 g/mol. The molecule has 0 aromatic carbocycles. The zero-order valence-corrected chi connectivity index (χ0v) is 13.8. The van der Waals surface area contributed by atoms with Crippen molar-refractivity contribution in [1.82, 2.24) is 14.9 Å². The molecule has 0 bridgehead atoms. The zero-order chi connectivity index (χ0) is 15.5. The fourth-order valence-electron chi connectivity index (χ4n) is 2.05. The molecule has 0 N–H and O–H groups in total. The van der Waals surface area contributed by atoms with Crippen molar-refractivity contribution < 1.29 is 9.53 Å². The molecule has 0 atom stereocenters. The number of anilines is 1. The minimum absolute atomic E-state index is 0.240. The third kappa shape index (κ3) is 4.49. The fraction of sp³-hybridized carbons (Fsp3) is 0.643. The highest BCUT2D eigenvalue weighted by Gasteiger charge is 2.26. The number of amides is 1. The van der Waals surface area contributed by atoms with Crippen LogP contribution in [0, 0.1) is 0 Å². The first kappa shape index (κ1) is 15.9. The van der Waals surface area contributed by atoms with Crippen LogP contribution in [0.1, 0.15) is 20.8 Å². The van der Waals surface area contributed by atoms with Crippen LogP contribution in [0.5, 0.6) is 0 Å². The maximum atomic E-state index is 12.0. The molecule has 1 aliphatic heterocycles. The van der Waals surface area contributed by atoms with Crippen LogP contribution < -0.4 is 4.90 Å². The molecule has 7 heteroatoms. The molecular formula is C14H22N4O2S. The maximum absolute atomic E-state index is 12.0. The summed E-state index contributed by atoms with van der Waals surface area (Å²) in [4.78, 5) is 24.5. The second-order valence-electron chi connectivity index (χ2n) is 5.88. The number of carbonyl (C=O) groups is 1. The van der Waals surface area contributed by atoms with E-state index in [0.717, 1.165) is 23.9 Å². The third-order valence-corrected chi connectivity index (χ3v) is 3.67. The van der Waals surface area contributed by atoms with Gasteiger partial charge >= 0.3 is 6.09 Å². The smallest absolute Gasteiger partial charge is 0.410 e. The Kier molecular flexibility index (Phi) is 4.92. The van der Waals surface area contributed by atoms with Crippen LogP contribution in [-0.2, 0) is 4.74 Å². The van der Waals surface area contributed by atoms with E-state index in [0.29, 0.717) is 13.1 Å². The average Bonchev–Trinajstić information content (AvgIpc) is 2.46. The van der Waals surface area contributed by atoms with Gasteiger partial charge in [-0.15, -0.1) is 0 Å². The van der Waals surface area contributed by atoms with E-state index in [1.807, 2.05) is 39.4 Å². The van der Waals surface area contributed by atoms with E-state index in [9.17, 15) is 4.79 Å². The normalized spacial score (nSPS) is 16.0. The molecule has 6 nitrogen and oxygen atoms in total. The minimum Gasteiger partial charge on any atom is -0.444 e. The summed E-state index contributed by atoms with van der Waals surface area (Å²) in [5.41, 5.74) is 0.548. The largest absolute Gasteiger partial charge is 0.444 e. The van der Waals surface area contributed by atoms with Crippen LogP contribution in [0.4, 0.5) is 10.5 Å². The van der Waals surface area contributed by atoms with Crippen molar-refractivity contribution in [2.24, 2.45) is 0 Å². The zero-order valence-electron chi connectivity index (χ0n) is 13.0. The summed E-state index contributed by atoms with van der Waals surface area (Å²) in [5.74, 6) is 0. The summed E-state index contributed by atoms with van der Waals surface area (Å²) < 4.78 is 5.39. The van der Waals surface area contributed by atoms with E-state index < -0.39 is 5.60 Å². The van der Waals surface area contributed by atoms with Gasteiger partial charge in [-0.25, -0.2) is 14.8 Å². The number of piperazine rings is 1. The third-order valence-electron chi connectivity index (χ3n) is 3.09. The van der Waals surface area contributed by atoms with Crippen molar-refractivity contribution in [1.29, 1.82) is 0 Å². The van der Waals surface area contributed by atoms with Crippen molar-refractivity contribution in [3.63, 3.8) is 0 Å². The Morgan fingerprint density at radius 2 is 1.76 bits per heavy atom. The van der Waals surface area contributed by atoms with Crippen LogP contribution in [0.15, 0.2) is 17.6 Å². The van der Waals surface area contributed by atoms with E-state index in [1.165, 1.54) is 11.8 Å². The number of carbonyl (C=O) groups excluding carboxylic acids is 1. The minimum atomic E-state index is -0.449. The second kappa shape index (κ2) is 6.51. The van der Waals surface area contributed by atoms with Crippen LogP contribution in [0.3, 0.4) is 0 Å². The molecule has 116 valence electrons. The van der Waals surface area contributed by atoms with Gasteiger partial charge in [0.05, 0.1) is 18.1 Å². The number of hydrogen-bond acceptors (Lipinski definition) is 6. The van der Waals surface area contributed by atoms with Gasteiger partial charge in [-0.05, 0) is 27.0 Å². The van der Waals surface area contributed by atoms with Crippen LogP contribution in [-0.4, -0.2) is 59.0 Å². The standard InChI is InChI=1S/C14H22N4O2S/c1-14(2,3)20-13(19)18-7-5-17(6-8-18)11-9-15-12(21-4)16-10-11/h9-10H,5-8H2,1-4H3. The number of hydrogen-bond donors (Lipinski definition) is 0. The lowest BCUT2D eigenvalue weighted by Gasteiger charge is -2.36. The molecule has 1 amide bonds. The lowest BCUT2D eigenvalue weighted by molar-refractivity contribution is 0.0240. The summed E-state index contributed by atoms with van der Waals surface area (Å²) in [6.45, 7) is 8.48. The van der Waals surface area contributed by atoms with Crippen LogP contribution in [0.25, 0.3) is 0 Å². The molecule has 1 fully saturated rings. The molecule has 0 saturated carbocycles. The Balaban J connectivity index is 1.89. The van der Waals surface area contributed by atoms with Crippen LogP contribution >= 0.6 is 11.8 Å². The summed E-state index contributed by atoms with van der Waals surface area (Å²) in [6.07, 6.45) is 5.38. The topological polar surface area (TPSA) is 58.6 Å². The maximum Gasteiger partial charge on any atom is 0.410 e. The first-order valence-electron chi connectivity index (χ1n) is 6.98. The summed E-state index contributed by atoms with van der Waals surface area (Å²) in [6, 6.07) is 0. The highest BCUT2D eigenvalue weighted by atomic mass is 32.2. The fourth-order valence-corrected chi connectivity index (χ4v) is 2.37. The lowest BCUT2D eigenvalue weighted by atomic mass is 10.2. The number of nitrogens with zero attached hydrogens (tertiary/aromatic N) is 4. The molecule has 2 rings (SSSR count). The second-order valence-corrected chi connectivity index (χ2v) is 6.66. The molecule has 0 spiro atoms. The van der Waals surface area contributed by atoms with Gasteiger partial charge in [0, 0.05) is 26.2 Å². The molecule has 0 radical (unpaired) electrons. The molecular weight excluding hydrogens is 288 g/mol. The summed E-state index contributed by atoms with van der Waals surface area (Å²) in [5, 5.41) is 0.770. The highest BCUT2D eigenvalue weighted by Crippen LogP contribution is 2.18. The lowest BCUT2D eigenvalue weighted by Crippen LogP contribution is -2.50. The van der Waals surface area contributed by atoms with E-state index in [-0.39, 0.29) is 6.09 Å².